The second kappa shape index (κ2) is 7.79. The first kappa shape index (κ1) is 15.5. The number of rotatable bonds is 7. The van der Waals surface area contributed by atoms with Crippen LogP contribution >= 0.6 is 0 Å². The van der Waals surface area contributed by atoms with Crippen molar-refractivity contribution in [1.82, 2.24) is 5.32 Å². The second-order valence-corrected chi connectivity index (χ2v) is 5.34. The van der Waals surface area contributed by atoms with Gasteiger partial charge in [0, 0.05) is 0 Å². The molecule has 112 valence electrons. The lowest BCUT2D eigenvalue weighted by Crippen LogP contribution is -2.26. The van der Waals surface area contributed by atoms with Gasteiger partial charge >= 0.3 is 0 Å². The first-order chi connectivity index (χ1) is 10.2. The molecule has 0 aliphatic heterocycles. The lowest BCUT2D eigenvalue weighted by molar-refractivity contribution is 0.464. The van der Waals surface area contributed by atoms with Crippen molar-refractivity contribution >= 4 is 0 Å². The van der Waals surface area contributed by atoms with Gasteiger partial charge in [0.05, 0.1) is 0 Å². The van der Waals surface area contributed by atoms with E-state index >= 15 is 0 Å². The predicted molar refractivity (Wildman–Crippen MR) is 83.9 cm³/mol. The van der Waals surface area contributed by atoms with Crippen LogP contribution in [-0.2, 0) is 12.8 Å². The molecule has 0 saturated carbocycles. The fourth-order valence-electron chi connectivity index (χ4n) is 2.51. The largest absolute Gasteiger partial charge is 0.508 e. The summed E-state index contributed by atoms with van der Waals surface area (Å²) >= 11 is 0. The first-order valence-electron chi connectivity index (χ1n) is 7.41. The van der Waals surface area contributed by atoms with Crippen LogP contribution in [0.3, 0.4) is 0 Å². The van der Waals surface area contributed by atoms with Crippen LogP contribution in [0.4, 0.5) is 4.39 Å². The maximum Gasteiger partial charge on any atom is 0.126 e. The lowest BCUT2D eigenvalue weighted by Gasteiger charge is -2.18. The molecule has 0 aliphatic rings. The van der Waals surface area contributed by atoms with E-state index in [0.29, 0.717) is 12.3 Å². The summed E-state index contributed by atoms with van der Waals surface area (Å²) in [5.74, 6) is 0.465. The van der Waals surface area contributed by atoms with Gasteiger partial charge in [-0.25, -0.2) is 4.39 Å². The summed E-state index contributed by atoms with van der Waals surface area (Å²) in [5, 5.41) is 12.7. The van der Waals surface area contributed by atoms with Crippen molar-refractivity contribution in [3.8, 4) is 5.75 Å². The zero-order valence-electron chi connectivity index (χ0n) is 12.3. The summed E-state index contributed by atoms with van der Waals surface area (Å²) in [6, 6.07) is 14.2. The summed E-state index contributed by atoms with van der Waals surface area (Å²) in [5.41, 5.74) is 1.92. The topological polar surface area (TPSA) is 32.3 Å². The van der Waals surface area contributed by atoms with Crippen LogP contribution in [0, 0.1) is 11.7 Å². The summed E-state index contributed by atoms with van der Waals surface area (Å²) in [4.78, 5) is 0. The van der Waals surface area contributed by atoms with E-state index in [2.05, 4.69) is 12.2 Å². The summed E-state index contributed by atoms with van der Waals surface area (Å²) in [7, 11) is 0. The van der Waals surface area contributed by atoms with E-state index in [9.17, 15) is 9.50 Å². The molecule has 0 bridgehead atoms. The molecule has 2 nitrogen and oxygen atoms in total. The molecule has 2 rings (SSSR count). The van der Waals surface area contributed by atoms with Gasteiger partial charge in [-0.2, -0.15) is 0 Å². The van der Waals surface area contributed by atoms with Gasteiger partial charge in [-0.05, 0) is 61.2 Å². The molecule has 3 heteroatoms. The molecule has 2 N–H and O–H groups in total. The molecule has 0 radical (unpaired) electrons. The highest BCUT2D eigenvalue weighted by atomic mass is 19.1. The number of aromatic hydroxyl groups is 1. The average molecular weight is 287 g/mol. The Morgan fingerprint density at radius 1 is 1.05 bits per heavy atom. The monoisotopic (exact) mass is 287 g/mol. The number of phenolic OH excluding ortho intramolecular Hbond substituents is 1. The van der Waals surface area contributed by atoms with E-state index in [4.69, 9.17) is 0 Å². The third kappa shape index (κ3) is 4.87. The zero-order chi connectivity index (χ0) is 15.1. The van der Waals surface area contributed by atoms with Crippen molar-refractivity contribution in [3.63, 3.8) is 0 Å². The van der Waals surface area contributed by atoms with Gasteiger partial charge in [-0.15, -0.1) is 0 Å². The summed E-state index contributed by atoms with van der Waals surface area (Å²) in [6.07, 6.45) is 1.57. The van der Waals surface area contributed by atoms with E-state index in [1.165, 1.54) is 6.07 Å². The second-order valence-electron chi connectivity index (χ2n) is 5.34. The van der Waals surface area contributed by atoms with Crippen LogP contribution in [-0.4, -0.2) is 18.2 Å². The highest BCUT2D eigenvalue weighted by molar-refractivity contribution is 5.26. The van der Waals surface area contributed by atoms with Crippen LogP contribution in [0.15, 0.2) is 48.5 Å². The molecule has 0 fully saturated rings. The number of benzene rings is 2. The quantitative estimate of drug-likeness (QED) is 0.816. The Balaban J connectivity index is 2.07. The van der Waals surface area contributed by atoms with Crippen LogP contribution in [0.5, 0.6) is 5.75 Å². The van der Waals surface area contributed by atoms with Crippen molar-refractivity contribution in [3.05, 3.63) is 65.5 Å². The maximum absolute atomic E-state index is 13.8. The number of halogens is 1. The standard InChI is InChI=1S/C18H22FNO/c1-2-20-13-15(11-14-7-9-17(21)10-8-14)12-16-5-3-4-6-18(16)19/h3-10,15,20-21H,2,11-13H2,1H3. The third-order valence-corrected chi connectivity index (χ3v) is 3.61. The Bertz CT molecular complexity index is 553. The molecule has 0 saturated heterocycles. The normalized spacial score (nSPS) is 12.3. The van der Waals surface area contributed by atoms with E-state index in [0.717, 1.165) is 30.6 Å². The van der Waals surface area contributed by atoms with E-state index < -0.39 is 0 Å². The molecule has 0 spiro atoms. The molecule has 0 heterocycles. The molecule has 0 aliphatic carbocycles. The van der Waals surface area contributed by atoms with Gasteiger partial charge in [-0.1, -0.05) is 37.3 Å². The molecule has 1 unspecified atom stereocenters. The van der Waals surface area contributed by atoms with E-state index in [-0.39, 0.29) is 11.6 Å². The lowest BCUT2D eigenvalue weighted by atomic mass is 9.92. The SMILES string of the molecule is CCNCC(Cc1ccc(O)cc1)Cc1ccccc1F. The molecule has 2 aromatic carbocycles. The van der Waals surface area contributed by atoms with E-state index in [1.807, 2.05) is 24.3 Å². The Hall–Kier alpha value is -1.87. The molecule has 1 atom stereocenters. The predicted octanol–water partition coefficient (Wildman–Crippen LogP) is 3.54. The Morgan fingerprint density at radius 2 is 1.76 bits per heavy atom. The Morgan fingerprint density at radius 3 is 2.43 bits per heavy atom. The first-order valence-corrected chi connectivity index (χ1v) is 7.41. The molecule has 21 heavy (non-hydrogen) atoms. The zero-order valence-corrected chi connectivity index (χ0v) is 12.3. The van der Waals surface area contributed by atoms with Crippen LogP contribution < -0.4 is 5.32 Å². The van der Waals surface area contributed by atoms with E-state index in [1.54, 1.807) is 18.2 Å². The average Bonchev–Trinajstić information content (AvgIpc) is 2.49. The van der Waals surface area contributed by atoms with Crippen molar-refractivity contribution < 1.29 is 9.50 Å². The van der Waals surface area contributed by atoms with Gasteiger partial charge < -0.3 is 10.4 Å². The summed E-state index contributed by atoms with van der Waals surface area (Å²) < 4.78 is 13.8. The molecular formula is C18H22FNO. The van der Waals surface area contributed by atoms with Crippen LogP contribution in [0.2, 0.25) is 0 Å². The van der Waals surface area contributed by atoms with Gasteiger partial charge in [0.1, 0.15) is 11.6 Å². The van der Waals surface area contributed by atoms with Crippen molar-refractivity contribution in [2.45, 2.75) is 19.8 Å². The minimum absolute atomic E-state index is 0.135. The molecule has 0 amide bonds. The van der Waals surface area contributed by atoms with Gasteiger partial charge in [0.25, 0.3) is 0 Å². The summed E-state index contributed by atoms with van der Waals surface area (Å²) in [6.45, 7) is 3.83. The number of phenols is 1. The number of hydrogen-bond acceptors (Lipinski definition) is 2. The molecule has 0 aromatic heterocycles. The Labute approximate surface area is 125 Å². The van der Waals surface area contributed by atoms with Gasteiger partial charge in [0.2, 0.25) is 0 Å². The fourth-order valence-corrected chi connectivity index (χ4v) is 2.51. The molecule has 2 aromatic rings. The third-order valence-electron chi connectivity index (χ3n) is 3.61. The minimum Gasteiger partial charge on any atom is -0.508 e. The van der Waals surface area contributed by atoms with Crippen LogP contribution in [0.25, 0.3) is 0 Å². The fraction of sp³-hybridized carbons (Fsp3) is 0.333. The Kier molecular flexibility index (Phi) is 5.76. The number of hydrogen-bond donors (Lipinski definition) is 2. The highest BCUT2D eigenvalue weighted by Gasteiger charge is 2.13. The van der Waals surface area contributed by atoms with Crippen LogP contribution in [0.1, 0.15) is 18.1 Å². The van der Waals surface area contributed by atoms with Gasteiger partial charge in [0.15, 0.2) is 0 Å². The maximum atomic E-state index is 13.8. The van der Waals surface area contributed by atoms with Gasteiger partial charge in [-0.3, -0.25) is 0 Å². The van der Waals surface area contributed by atoms with Crippen molar-refractivity contribution in [2.75, 3.05) is 13.1 Å². The highest BCUT2D eigenvalue weighted by Crippen LogP contribution is 2.18. The smallest absolute Gasteiger partial charge is 0.126 e. The number of nitrogens with one attached hydrogen (secondary N) is 1. The van der Waals surface area contributed by atoms with Crippen molar-refractivity contribution in [2.24, 2.45) is 5.92 Å². The minimum atomic E-state index is -0.135. The molecular weight excluding hydrogens is 265 g/mol. The van der Waals surface area contributed by atoms with Crippen molar-refractivity contribution in [1.29, 1.82) is 0 Å².